The highest BCUT2D eigenvalue weighted by molar-refractivity contribution is 5.62. The van der Waals surface area contributed by atoms with Crippen LogP contribution in [-0.4, -0.2) is 10.2 Å². The lowest BCUT2D eigenvalue weighted by atomic mass is 10.1. The fraction of sp³-hybridized carbons (Fsp3) is 0. The van der Waals surface area contributed by atoms with E-state index in [0.717, 1.165) is 6.07 Å². The van der Waals surface area contributed by atoms with Gasteiger partial charge in [0.1, 0.15) is 0 Å². The van der Waals surface area contributed by atoms with Crippen molar-refractivity contribution in [2.24, 2.45) is 0 Å². The van der Waals surface area contributed by atoms with Gasteiger partial charge in [0.25, 0.3) is 0 Å². The standard InChI is InChI=1S/C9H5F3N2/c10-7-2-1-6(8(11)9(7)12)5-3-13-14-4-5/h1-4H,(H,13,14). The number of aromatic amines is 1. The molecule has 0 radical (unpaired) electrons. The van der Waals surface area contributed by atoms with Crippen LogP contribution < -0.4 is 0 Å². The molecule has 1 N–H and O–H groups in total. The van der Waals surface area contributed by atoms with Crippen LogP contribution in [0.1, 0.15) is 0 Å². The molecule has 0 unspecified atom stereocenters. The van der Waals surface area contributed by atoms with Crippen LogP contribution in [0.15, 0.2) is 24.5 Å². The predicted molar refractivity (Wildman–Crippen MR) is 43.9 cm³/mol. The third kappa shape index (κ3) is 1.26. The molecule has 0 spiro atoms. The van der Waals surface area contributed by atoms with Gasteiger partial charge in [0.05, 0.1) is 6.20 Å². The van der Waals surface area contributed by atoms with E-state index in [1.165, 1.54) is 18.5 Å². The minimum atomic E-state index is -1.47. The van der Waals surface area contributed by atoms with Crippen LogP contribution in [0.3, 0.4) is 0 Å². The molecule has 0 atom stereocenters. The molecule has 0 amide bonds. The van der Waals surface area contributed by atoms with Crippen molar-refractivity contribution >= 4 is 0 Å². The largest absolute Gasteiger partial charge is 0.285 e. The Morgan fingerprint density at radius 2 is 1.86 bits per heavy atom. The average Bonchev–Trinajstić information content (AvgIpc) is 2.67. The highest BCUT2D eigenvalue weighted by atomic mass is 19.2. The Kier molecular flexibility index (Phi) is 1.99. The summed E-state index contributed by atoms with van der Waals surface area (Å²) in [5.74, 6) is -3.87. The Morgan fingerprint density at radius 3 is 2.50 bits per heavy atom. The van der Waals surface area contributed by atoms with Gasteiger partial charge in [0, 0.05) is 17.3 Å². The minimum Gasteiger partial charge on any atom is -0.285 e. The first-order valence-corrected chi connectivity index (χ1v) is 3.83. The number of hydrogen-bond donors (Lipinski definition) is 1. The van der Waals surface area contributed by atoms with E-state index in [4.69, 9.17) is 0 Å². The predicted octanol–water partition coefficient (Wildman–Crippen LogP) is 2.49. The van der Waals surface area contributed by atoms with Crippen molar-refractivity contribution in [1.82, 2.24) is 10.2 Å². The maximum Gasteiger partial charge on any atom is 0.195 e. The summed E-state index contributed by atoms with van der Waals surface area (Å²) in [6, 6.07) is 2.04. The number of nitrogens with zero attached hydrogens (tertiary/aromatic N) is 1. The summed E-state index contributed by atoms with van der Waals surface area (Å²) in [6.45, 7) is 0. The van der Waals surface area contributed by atoms with Gasteiger partial charge < -0.3 is 0 Å². The average molecular weight is 198 g/mol. The molecule has 2 aromatic rings. The molecule has 14 heavy (non-hydrogen) atoms. The zero-order valence-corrected chi connectivity index (χ0v) is 6.89. The topological polar surface area (TPSA) is 28.7 Å². The van der Waals surface area contributed by atoms with Gasteiger partial charge in [-0.15, -0.1) is 0 Å². The number of hydrogen-bond acceptors (Lipinski definition) is 1. The number of rotatable bonds is 1. The van der Waals surface area contributed by atoms with E-state index in [2.05, 4.69) is 10.2 Å². The van der Waals surface area contributed by atoms with Gasteiger partial charge in [-0.3, -0.25) is 5.10 Å². The summed E-state index contributed by atoms with van der Waals surface area (Å²) < 4.78 is 38.5. The van der Waals surface area contributed by atoms with Crippen LogP contribution in [-0.2, 0) is 0 Å². The lowest BCUT2D eigenvalue weighted by Gasteiger charge is -2.00. The fourth-order valence-electron chi connectivity index (χ4n) is 1.15. The van der Waals surface area contributed by atoms with E-state index in [-0.39, 0.29) is 5.56 Å². The molecule has 0 bridgehead atoms. The number of nitrogens with one attached hydrogen (secondary N) is 1. The zero-order chi connectivity index (χ0) is 10.1. The number of aromatic nitrogens is 2. The van der Waals surface area contributed by atoms with Gasteiger partial charge >= 0.3 is 0 Å². The summed E-state index contributed by atoms with van der Waals surface area (Å²) in [6.07, 6.45) is 2.73. The Bertz CT molecular complexity index is 451. The molecular formula is C9H5F3N2. The first kappa shape index (κ1) is 8.80. The van der Waals surface area contributed by atoms with Crippen molar-refractivity contribution in [3.8, 4) is 11.1 Å². The second-order valence-corrected chi connectivity index (χ2v) is 2.71. The van der Waals surface area contributed by atoms with E-state index in [1.54, 1.807) is 0 Å². The Hall–Kier alpha value is -1.78. The highest BCUT2D eigenvalue weighted by Gasteiger charge is 2.14. The maximum atomic E-state index is 13.2. The maximum absolute atomic E-state index is 13.2. The molecule has 72 valence electrons. The molecule has 1 aromatic heterocycles. The van der Waals surface area contributed by atoms with Crippen LogP contribution >= 0.6 is 0 Å². The molecule has 0 saturated carbocycles. The summed E-state index contributed by atoms with van der Waals surface area (Å²) in [5.41, 5.74) is 0.360. The summed E-state index contributed by atoms with van der Waals surface area (Å²) in [7, 11) is 0. The molecule has 0 fully saturated rings. The number of benzene rings is 1. The highest BCUT2D eigenvalue weighted by Crippen LogP contribution is 2.24. The summed E-state index contributed by atoms with van der Waals surface area (Å²) in [4.78, 5) is 0. The van der Waals surface area contributed by atoms with E-state index < -0.39 is 17.5 Å². The van der Waals surface area contributed by atoms with Gasteiger partial charge in [0.2, 0.25) is 0 Å². The monoisotopic (exact) mass is 198 g/mol. The molecule has 2 nitrogen and oxygen atoms in total. The van der Waals surface area contributed by atoms with Crippen LogP contribution in [0.4, 0.5) is 13.2 Å². The molecule has 2 rings (SSSR count). The normalized spacial score (nSPS) is 10.5. The Balaban J connectivity index is 2.61. The number of halogens is 3. The quantitative estimate of drug-likeness (QED) is 0.700. The lowest BCUT2D eigenvalue weighted by molar-refractivity contribution is 0.449. The fourth-order valence-corrected chi connectivity index (χ4v) is 1.15. The zero-order valence-electron chi connectivity index (χ0n) is 6.89. The molecule has 1 aromatic carbocycles. The second-order valence-electron chi connectivity index (χ2n) is 2.71. The molecule has 0 aliphatic carbocycles. The molecule has 1 heterocycles. The third-order valence-corrected chi connectivity index (χ3v) is 1.84. The molecule has 0 aliphatic heterocycles. The van der Waals surface area contributed by atoms with Crippen molar-refractivity contribution in [2.45, 2.75) is 0 Å². The lowest BCUT2D eigenvalue weighted by Crippen LogP contribution is -1.92. The molecule has 5 heteroatoms. The third-order valence-electron chi connectivity index (χ3n) is 1.84. The van der Waals surface area contributed by atoms with E-state index in [9.17, 15) is 13.2 Å². The van der Waals surface area contributed by atoms with Gasteiger partial charge in [-0.25, -0.2) is 13.2 Å². The van der Waals surface area contributed by atoms with Gasteiger partial charge in [-0.1, -0.05) is 0 Å². The van der Waals surface area contributed by atoms with Crippen molar-refractivity contribution < 1.29 is 13.2 Å². The summed E-state index contributed by atoms with van der Waals surface area (Å²) >= 11 is 0. The Labute approximate surface area is 77.4 Å². The molecule has 0 aliphatic rings. The van der Waals surface area contributed by atoms with Crippen LogP contribution in [0.5, 0.6) is 0 Å². The SMILES string of the molecule is Fc1ccc(-c2cn[nH]c2)c(F)c1F. The van der Waals surface area contributed by atoms with Crippen molar-refractivity contribution in [2.75, 3.05) is 0 Å². The summed E-state index contributed by atoms with van der Waals surface area (Å²) in [5, 5.41) is 6.04. The first-order valence-electron chi connectivity index (χ1n) is 3.83. The smallest absolute Gasteiger partial charge is 0.195 e. The van der Waals surface area contributed by atoms with Gasteiger partial charge in [-0.2, -0.15) is 5.10 Å². The minimum absolute atomic E-state index is 0.0161. The number of H-pyrrole nitrogens is 1. The molecule has 0 saturated heterocycles. The van der Waals surface area contributed by atoms with Crippen molar-refractivity contribution in [3.05, 3.63) is 42.0 Å². The van der Waals surface area contributed by atoms with Crippen LogP contribution in [0.25, 0.3) is 11.1 Å². The van der Waals surface area contributed by atoms with Crippen LogP contribution in [0, 0.1) is 17.5 Å². The Morgan fingerprint density at radius 1 is 1.07 bits per heavy atom. The van der Waals surface area contributed by atoms with E-state index >= 15 is 0 Å². The van der Waals surface area contributed by atoms with E-state index in [1.807, 2.05) is 0 Å². The first-order chi connectivity index (χ1) is 6.70. The van der Waals surface area contributed by atoms with E-state index in [0.29, 0.717) is 5.56 Å². The van der Waals surface area contributed by atoms with Gasteiger partial charge in [-0.05, 0) is 12.1 Å². The van der Waals surface area contributed by atoms with Crippen molar-refractivity contribution in [3.63, 3.8) is 0 Å². The van der Waals surface area contributed by atoms with Crippen LogP contribution in [0.2, 0.25) is 0 Å². The molecular weight excluding hydrogens is 193 g/mol. The van der Waals surface area contributed by atoms with Gasteiger partial charge in [0.15, 0.2) is 17.5 Å². The van der Waals surface area contributed by atoms with Crippen molar-refractivity contribution in [1.29, 1.82) is 0 Å². The second kappa shape index (κ2) is 3.17.